The van der Waals surface area contributed by atoms with E-state index in [1.165, 1.54) is 0 Å². The van der Waals surface area contributed by atoms with Gasteiger partial charge in [0, 0.05) is 0 Å². The van der Waals surface area contributed by atoms with Gasteiger partial charge in [-0.15, -0.1) is 0 Å². The number of hydrogen-bond acceptors (Lipinski definition) is 3. The van der Waals surface area contributed by atoms with E-state index in [0.717, 1.165) is 48.5 Å². The zero-order valence-corrected chi connectivity index (χ0v) is 18.4. The molecular weight excluding hydrogens is 450 g/mol. The molecule has 9 heteroatoms. The first-order valence-electron chi connectivity index (χ1n) is 9.94. The zero-order valence-electron chi connectivity index (χ0n) is 18.4. The predicted octanol–water partition coefficient (Wildman–Crippen LogP) is 6.62. The van der Waals surface area contributed by atoms with Crippen LogP contribution in [0.1, 0.15) is 38.8 Å². The number of aliphatic hydroxyl groups excluding tert-OH is 1. The Morgan fingerprint density at radius 3 is 1.58 bits per heavy atom. The fraction of sp³-hybridized carbons (Fsp3) is 0.417. The molecule has 180 valence electrons. The van der Waals surface area contributed by atoms with E-state index in [1.54, 1.807) is 33.8 Å². The van der Waals surface area contributed by atoms with Crippen LogP contribution in [-0.2, 0) is 5.41 Å². The molecule has 0 aliphatic carbocycles. The molecule has 2 rings (SSSR count). The summed E-state index contributed by atoms with van der Waals surface area (Å²) >= 11 is 0. The van der Waals surface area contributed by atoms with E-state index in [2.05, 4.69) is 5.92 Å². The molecule has 0 radical (unpaired) electrons. The predicted molar refractivity (Wildman–Crippen MR) is 111 cm³/mol. The average Bonchev–Trinajstić information content (AvgIpc) is 2.66. The van der Waals surface area contributed by atoms with Crippen LogP contribution < -0.4 is 9.47 Å². The van der Waals surface area contributed by atoms with Crippen molar-refractivity contribution in [2.45, 2.75) is 51.6 Å². The molecule has 0 saturated carbocycles. The molecule has 0 aromatic heterocycles. The summed E-state index contributed by atoms with van der Waals surface area (Å²) in [6.07, 6.45) is -9.92. The van der Waals surface area contributed by atoms with Crippen molar-refractivity contribution < 1.29 is 40.9 Å². The van der Waals surface area contributed by atoms with E-state index >= 15 is 0 Å². The van der Waals surface area contributed by atoms with Gasteiger partial charge in [-0.3, -0.25) is 0 Å². The van der Waals surface area contributed by atoms with Crippen LogP contribution >= 0.6 is 0 Å². The molecule has 0 saturated heterocycles. The van der Waals surface area contributed by atoms with E-state index < -0.39 is 34.3 Å². The first-order valence-corrected chi connectivity index (χ1v) is 9.94. The minimum Gasteiger partial charge on any atom is -0.492 e. The second-order valence-electron chi connectivity index (χ2n) is 8.37. The number of ether oxygens (including phenoxy) is 2. The van der Waals surface area contributed by atoms with Gasteiger partial charge in [-0.05, 0) is 63.1 Å². The summed E-state index contributed by atoms with van der Waals surface area (Å²) in [5, 5.41) is 8.71. The SMILES string of the molecule is CC(C)Oc1ccc(C(c2ccc(OCC(C)(C)C#CO)cc2)(C(F)(F)F)C(F)(F)F)cc1. The maximum atomic E-state index is 14.2. The highest BCUT2D eigenvalue weighted by atomic mass is 19.4. The number of rotatable bonds is 7. The molecule has 3 nitrogen and oxygen atoms in total. The topological polar surface area (TPSA) is 38.7 Å². The fourth-order valence-electron chi connectivity index (χ4n) is 3.29. The Bertz CT molecular complexity index is 965. The maximum absolute atomic E-state index is 14.2. The van der Waals surface area contributed by atoms with Gasteiger partial charge in [0.1, 0.15) is 24.2 Å². The fourth-order valence-corrected chi connectivity index (χ4v) is 3.29. The highest BCUT2D eigenvalue weighted by Crippen LogP contribution is 2.56. The highest BCUT2D eigenvalue weighted by molar-refractivity contribution is 5.47. The van der Waals surface area contributed by atoms with Crippen LogP contribution in [0.15, 0.2) is 48.5 Å². The lowest BCUT2D eigenvalue weighted by molar-refractivity contribution is -0.288. The first kappa shape index (κ1) is 26.2. The first-order chi connectivity index (χ1) is 15.1. The second kappa shape index (κ2) is 9.46. The number of benzene rings is 2. The number of alkyl halides is 6. The molecule has 0 spiro atoms. The van der Waals surface area contributed by atoms with Gasteiger partial charge in [-0.2, -0.15) is 26.3 Å². The molecule has 2 aromatic rings. The molecule has 1 N–H and O–H groups in total. The molecule has 0 aliphatic rings. The Kier molecular flexibility index (Phi) is 7.52. The molecule has 0 unspecified atom stereocenters. The van der Waals surface area contributed by atoms with Crippen molar-refractivity contribution in [3.63, 3.8) is 0 Å². The summed E-state index contributed by atoms with van der Waals surface area (Å²) in [6, 6.07) is 7.31. The molecule has 0 heterocycles. The molecule has 0 atom stereocenters. The average molecular weight is 474 g/mol. The zero-order chi connectivity index (χ0) is 25.1. The summed E-state index contributed by atoms with van der Waals surface area (Å²) in [6.45, 7) is 6.63. The van der Waals surface area contributed by atoms with Gasteiger partial charge >= 0.3 is 12.4 Å². The summed E-state index contributed by atoms with van der Waals surface area (Å²) in [4.78, 5) is 0. The number of halogens is 6. The largest absolute Gasteiger partial charge is 0.492 e. The summed E-state index contributed by atoms with van der Waals surface area (Å²) in [5.74, 6) is 2.70. The minimum atomic E-state index is -5.69. The third kappa shape index (κ3) is 5.67. The van der Waals surface area contributed by atoms with Gasteiger partial charge in [0.2, 0.25) is 5.41 Å². The van der Waals surface area contributed by atoms with Crippen molar-refractivity contribution in [3.8, 4) is 23.5 Å². The number of hydrogen-bond donors (Lipinski definition) is 1. The maximum Gasteiger partial charge on any atom is 0.411 e. The molecular formula is C24H24F6O3. The quantitative estimate of drug-likeness (QED) is 0.362. The second-order valence-corrected chi connectivity index (χ2v) is 8.37. The van der Waals surface area contributed by atoms with Gasteiger partial charge in [0.25, 0.3) is 0 Å². The van der Waals surface area contributed by atoms with Crippen LogP contribution in [0.2, 0.25) is 0 Å². The molecule has 0 fully saturated rings. The molecule has 33 heavy (non-hydrogen) atoms. The lowest BCUT2D eigenvalue weighted by Crippen LogP contribution is -2.54. The third-order valence-corrected chi connectivity index (χ3v) is 4.79. The Balaban J connectivity index is 2.54. The van der Waals surface area contributed by atoms with Crippen LogP contribution in [0, 0.1) is 17.4 Å². The van der Waals surface area contributed by atoms with E-state index in [0.29, 0.717) is 0 Å². The monoisotopic (exact) mass is 474 g/mol. The van der Waals surface area contributed by atoms with E-state index in [9.17, 15) is 26.3 Å². The molecule has 0 aliphatic heterocycles. The van der Waals surface area contributed by atoms with Gasteiger partial charge in [-0.1, -0.05) is 30.2 Å². The van der Waals surface area contributed by atoms with Crippen molar-refractivity contribution in [2.24, 2.45) is 5.41 Å². The lowest BCUT2D eigenvalue weighted by Gasteiger charge is -2.38. The van der Waals surface area contributed by atoms with Crippen LogP contribution in [-0.4, -0.2) is 30.2 Å². The number of aliphatic hydroxyl groups is 1. The van der Waals surface area contributed by atoms with E-state index in [4.69, 9.17) is 14.6 Å². The van der Waals surface area contributed by atoms with E-state index in [-0.39, 0.29) is 24.2 Å². The van der Waals surface area contributed by atoms with Gasteiger partial charge in [0.15, 0.2) is 0 Å². The van der Waals surface area contributed by atoms with Crippen molar-refractivity contribution in [1.82, 2.24) is 0 Å². The highest BCUT2D eigenvalue weighted by Gasteiger charge is 2.72. The summed E-state index contributed by atoms with van der Waals surface area (Å²) in [7, 11) is 0. The Hall–Kier alpha value is -3.02. The van der Waals surface area contributed by atoms with Gasteiger partial charge in [0.05, 0.1) is 11.5 Å². The van der Waals surface area contributed by atoms with Crippen LogP contribution in [0.5, 0.6) is 11.5 Å². The summed E-state index contributed by atoms with van der Waals surface area (Å²) in [5.41, 5.74) is -7.01. The Morgan fingerprint density at radius 2 is 1.21 bits per heavy atom. The van der Waals surface area contributed by atoms with Gasteiger partial charge in [-0.25, -0.2) is 0 Å². The third-order valence-electron chi connectivity index (χ3n) is 4.79. The Morgan fingerprint density at radius 1 is 0.788 bits per heavy atom. The van der Waals surface area contributed by atoms with Gasteiger partial charge < -0.3 is 14.6 Å². The van der Waals surface area contributed by atoms with Crippen molar-refractivity contribution in [1.29, 1.82) is 0 Å². The normalized spacial score (nSPS) is 12.8. The van der Waals surface area contributed by atoms with Crippen LogP contribution in [0.4, 0.5) is 26.3 Å². The van der Waals surface area contributed by atoms with E-state index in [1.807, 2.05) is 0 Å². The van der Waals surface area contributed by atoms with Crippen LogP contribution in [0.3, 0.4) is 0 Å². The lowest BCUT2D eigenvalue weighted by atomic mass is 9.73. The van der Waals surface area contributed by atoms with Crippen molar-refractivity contribution in [3.05, 3.63) is 59.7 Å². The molecule has 0 amide bonds. The standard InChI is InChI=1S/C24H24F6O3/c1-16(2)33-20-11-7-18(8-12-20)22(23(25,26)27,24(28,29)30)17-5-9-19(10-6-17)32-15-21(3,4)13-14-31/h5-12,16,31H,15H2,1-4H3. The molecule has 0 bridgehead atoms. The summed E-state index contributed by atoms with van der Waals surface area (Å²) < 4.78 is 96.1. The Labute approximate surface area is 188 Å². The van der Waals surface area contributed by atoms with Crippen molar-refractivity contribution in [2.75, 3.05) is 6.61 Å². The smallest absolute Gasteiger partial charge is 0.411 e. The minimum absolute atomic E-state index is 0.0408. The molecule has 2 aromatic carbocycles. The van der Waals surface area contributed by atoms with Crippen LogP contribution in [0.25, 0.3) is 0 Å². The van der Waals surface area contributed by atoms with Crippen molar-refractivity contribution >= 4 is 0 Å².